The molecule has 302 valence electrons. The summed E-state index contributed by atoms with van der Waals surface area (Å²) >= 11 is 0. The number of alkyl halides is 3. The Kier molecular flexibility index (Phi) is 15.8. The van der Waals surface area contributed by atoms with Crippen LogP contribution in [0, 0.1) is 23.2 Å². The van der Waals surface area contributed by atoms with E-state index in [1.807, 2.05) is 34.6 Å². The Bertz CT molecular complexity index is 1430. The summed E-state index contributed by atoms with van der Waals surface area (Å²) in [6.45, 7) is 13.4. The molecule has 53 heavy (non-hydrogen) atoms. The number of nitrogens with zero attached hydrogens (tertiary/aromatic N) is 2. The number of rotatable bonds is 16. The van der Waals surface area contributed by atoms with Crippen LogP contribution in [0.2, 0.25) is 0 Å². The highest BCUT2D eigenvalue weighted by atomic mass is 32.2. The summed E-state index contributed by atoms with van der Waals surface area (Å²) in [5.74, 6) is -4.31. The lowest BCUT2D eigenvalue weighted by atomic mass is 9.83. The van der Waals surface area contributed by atoms with Crippen molar-refractivity contribution in [3.05, 3.63) is 12.7 Å². The first-order valence-corrected chi connectivity index (χ1v) is 20.4. The Hall–Kier alpha value is -3.21. The molecule has 3 fully saturated rings. The first kappa shape index (κ1) is 44.2. The predicted molar refractivity (Wildman–Crippen MR) is 194 cm³/mol. The van der Waals surface area contributed by atoms with Gasteiger partial charge in [-0.3, -0.25) is 19.2 Å². The molecule has 5 amide bonds. The molecule has 2 saturated heterocycles. The topological polar surface area (TPSA) is 174 Å². The van der Waals surface area contributed by atoms with Crippen molar-refractivity contribution in [1.82, 2.24) is 30.5 Å². The van der Waals surface area contributed by atoms with Gasteiger partial charge in [-0.2, -0.15) is 17.5 Å². The third-order valence-electron chi connectivity index (χ3n) is 10.4. The number of ketones is 1. The number of Topliss-reactive ketones (excluding diaryl/α,β-unsaturated/α-hetero) is 1. The van der Waals surface area contributed by atoms with Crippen molar-refractivity contribution >= 4 is 39.6 Å². The van der Waals surface area contributed by atoms with E-state index in [1.54, 1.807) is 0 Å². The maximum atomic E-state index is 14.6. The van der Waals surface area contributed by atoms with Crippen LogP contribution in [0.3, 0.4) is 0 Å². The number of nitrogens with one attached hydrogen (secondary N) is 4. The molecular weight excluding hydrogens is 717 g/mol. The molecule has 0 spiro atoms. The smallest absolute Gasteiger partial charge is 0.346 e. The number of amides is 5. The molecule has 2 heterocycles. The molecule has 0 bridgehead atoms. The zero-order chi connectivity index (χ0) is 39.7. The van der Waals surface area contributed by atoms with Crippen LogP contribution in [0.5, 0.6) is 0 Å². The summed E-state index contributed by atoms with van der Waals surface area (Å²) in [5, 5.41) is 10.4. The van der Waals surface area contributed by atoms with Crippen LogP contribution in [-0.2, 0) is 29.2 Å². The van der Waals surface area contributed by atoms with E-state index in [0.717, 1.165) is 19.3 Å². The fourth-order valence-electron chi connectivity index (χ4n) is 7.56. The van der Waals surface area contributed by atoms with Crippen molar-refractivity contribution in [2.75, 3.05) is 31.9 Å². The number of sulfonamides is 1. The molecule has 5 atom stereocenters. The summed E-state index contributed by atoms with van der Waals surface area (Å²) in [7, 11) is -3.45. The standard InChI is InChI=1S/C36H59F3N6O7S/c1-7-17-40-32(48)30(46)26(14-16-36(37,38)39)41-31(47)29-25(21-23(2)3)15-19-45(29)33(49)28(24-12-9-8-10-13-24)43-34(50)42-27(35(4,5)6)22-44-18-11-20-53(44,51)52/h7,23-29H,1,8-22H2,2-6H3,(H,40,48)(H,41,47)(H2,42,43,50)/t25-,26?,27-,28+,29+/m1/s1. The predicted octanol–water partition coefficient (Wildman–Crippen LogP) is 3.65. The van der Waals surface area contributed by atoms with Crippen LogP contribution in [0.25, 0.3) is 0 Å². The maximum Gasteiger partial charge on any atom is 0.389 e. The highest BCUT2D eigenvalue weighted by Gasteiger charge is 2.47. The normalized spacial score (nSPS) is 22.8. The summed E-state index contributed by atoms with van der Waals surface area (Å²) in [5.41, 5.74) is -0.551. The third-order valence-corrected chi connectivity index (χ3v) is 12.4. The number of likely N-dealkylation sites (tertiary alicyclic amines) is 1. The van der Waals surface area contributed by atoms with Gasteiger partial charge in [-0.1, -0.05) is 60.0 Å². The van der Waals surface area contributed by atoms with Gasteiger partial charge in [0.1, 0.15) is 12.1 Å². The molecule has 13 nitrogen and oxygen atoms in total. The summed E-state index contributed by atoms with van der Waals surface area (Å²) < 4.78 is 66.4. The highest BCUT2D eigenvalue weighted by Crippen LogP contribution is 2.34. The molecule has 1 unspecified atom stereocenters. The molecule has 3 aliphatic rings. The number of hydrogen-bond donors (Lipinski definition) is 4. The Morgan fingerprint density at radius 1 is 0.925 bits per heavy atom. The van der Waals surface area contributed by atoms with Gasteiger partial charge in [0.25, 0.3) is 5.91 Å². The third kappa shape index (κ3) is 13.0. The van der Waals surface area contributed by atoms with Crippen LogP contribution in [-0.4, -0.2) is 109 Å². The summed E-state index contributed by atoms with van der Waals surface area (Å²) in [6, 6.07) is -5.27. The first-order chi connectivity index (χ1) is 24.6. The van der Waals surface area contributed by atoms with Crippen molar-refractivity contribution in [3.8, 4) is 0 Å². The lowest BCUT2D eigenvalue weighted by Gasteiger charge is -2.37. The van der Waals surface area contributed by atoms with Gasteiger partial charge in [0.2, 0.25) is 27.6 Å². The van der Waals surface area contributed by atoms with E-state index in [4.69, 9.17) is 0 Å². The minimum atomic E-state index is -4.66. The Balaban J connectivity index is 1.91. The van der Waals surface area contributed by atoms with E-state index in [-0.39, 0.29) is 37.2 Å². The molecule has 1 saturated carbocycles. The minimum absolute atomic E-state index is 0.0381. The van der Waals surface area contributed by atoms with E-state index in [1.165, 1.54) is 15.3 Å². The van der Waals surface area contributed by atoms with E-state index >= 15 is 0 Å². The van der Waals surface area contributed by atoms with Gasteiger partial charge in [0.05, 0.1) is 11.8 Å². The van der Waals surface area contributed by atoms with Gasteiger partial charge in [-0.05, 0) is 61.7 Å². The number of urea groups is 1. The van der Waals surface area contributed by atoms with Crippen LogP contribution in [0.1, 0.15) is 98.8 Å². The SMILES string of the molecule is C=CCNC(=O)C(=O)C(CCC(F)(F)F)NC(=O)[C@@H]1[C@@H](CC(C)C)CCN1C(=O)[C@@H](NC(=O)N[C@H](CN1CCCS1(=O)=O)C(C)(C)C)C1CCCCC1. The monoisotopic (exact) mass is 776 g/mol. The van der Waals surface area contributed by atoms with Crippen LogP contribution < -0.4 is 21.3 Å². The van der Waals surface area contributed by atoms with Crippen molar-refractivity contribution in [1.29, 1.82) is 0 Å². The number of hydrogen-bond acceptors (Lipinski definition) is 7. The minimum Gasteiger partial charge on any atom is -0.346 e. The molecule has 2 aliphatic heterocycles. The fraction of sp³-hybridized carbons (Fsp3) is 0.806. The Labute approximate surface area is 312 Å². The number of carbonyl (C=O) groups is 5. The van der Waals surface area contributed by atoms with Gasteiger partial charge in [-0.15, -0.1) is 6.58 Å². The van der Waals surface area contributed by atoms with Gasteiger partial charge in [0.15, 0.2) is 0 Å². The second-order valence-electron chi connectivity index (χ2n) is 16.2. The van der Waals surface area contributed by atoms with Gasteiger partial charge in [0, 0.05) is 38.6 Å². The molecule has 0 radical (unpaired) electrons. The molecule has 17 heteroatoms. The maximum absolute atomic E-state index is 14.6. The highest BCUT2D eigenvalue weighted by molar-refractivity contribution is 7.89. The summed E-state index contributed by atoms with van der Waals surface area (Å²) in [6.07, 6.45) is -0.383. The lowest BCUT2D eigenvalue weighted by molar-refractivity contribution is -0.147. The van der Waals surface area contributed by atoms with E-state index in [0.29, 0.717) is 38.6 Å². The van der Waals surface area contributed by atoms with Crippen LogP contribution in [0.15, 0.2) is 12.7 Å². The average molecular weight is 777 g/mol. The zero-order valence-electron chi connectivity index (χ0n) is 31.7. The molecule has 3 rings (SSSR count). The van der Waals surface area contributed by atoms with Crippen molar-refractivity contribution in [2.45, 2.75) is 129 Å². The van der Waals surface area contributed by atoms with Gasteiger partial charge in [-0.25, -0.2) is 13.2 Å². The quantitative estimate of drug-likeness (QED) is 0.137. The van der Waals surface area contributed by atoms with E-state index in [2.05, 4.69) is 27.8 Å². The molecule has 1 aliphatic carbocycles. The van der Waals surface area contributed by atoms with Gasteiger partial charge >= 0.3 is 12.2 Å². The lowest BCUT2D eigenvalue weighted by Crippen LogP contribution is -2.61. The fourth-order valence-corrected chi connectivity index (χ4v) is 9.10. The second kappa shape index (κ2) is 18.9. The largest absolute Gasteiger partial charge is 0.389 e. The second-order valence-corrected chi connectivity index (χ2v) is 18.3. The zero-order valence-corrected chi connectivity index (χ0v) is 32.5. The van der Waals surface area contributed by atoms with Gasteiger partial charge < -0.3 is 26.2 Å². The van der Waals surface area contributed by atoms with E-state index < -0.39 is 94.1 Å². The molecule has 4 N–H and O–H groups in total. The number of halogens is 3. The molecule has 0 aromatic heterocycles. The van der Waals surface area contributed by atoms with Crippen molar-refractivity contribution in [2.24, 2.45) is 23.2 Å². The Morgan fingerprint density at radius 3 is 2.13 bits per heavy atom. The number of carbonyl (C=O) groups excluding carboxylic acids is 5. The van der Waals surface area contributed by atoms with E-state index in [9.17, 15) is 45.6 Å². The van der Waals surface area contributed by atoms with Crippen LogP contribution >= 0.6 is 0 Å². The Morgan fingerprint density at radius 2 is 1.58 bits per heavy atom. The molecule has 0 aromatic rings. The van der Waals surface area contributed by atoms with Crippen LogP contribution in [0.4, 0.5) is 18.0 Å². The average Bonchev–Trinajstić information content (AvgIpc) is 3.64. The van der Waals surface area contributed by atoms with Crippen molar-refractivity contribution in [3.63, 3.8) is 0 Å². The summed E-state index contributed by atoms with van der Waals surface area (Å²) in [4.78, 5) is 69.3. The van der Waals surface area contributed by atoms with Crippen molar-refractivity contribution < 1.29 is 45.6 Å². The molecule has 0 aromatic carbocycles. The molecular formula is C36H59F3N6O7S. The first-order valence-electron chi connectivity index (χ1n) is 18.8.